The molecular weight excluding hydrogens is 386 g/mol. The van der Waals surface area contributed by atoms with Gasteiger partial charge in [-0.25, -0.2) is 4.79 Å². The lowest BCUT2D eigenvalue weighted by Crippen LogP contribution is -2.34. The molecule has 0 radical (unpaired) electrons. The second-order valence-electron chi connectivity index (χ2n) is 5.79. The molecule has 1 atom stereocenters. The summed E-state index contributed by atoms with van der Waals surface area (Å²) in [6.07, 6.45) is 5.68. The number of fused-ring (bicyclic) bond motifs is 1. The van der Waals surface area contributed by atoms with Crippen LogP contribution in [-0.2, 0) is 20.7 Å². The molecule has 1 amide bonds. The van der Waals surface area contributed by atoms with E-state index in [0.29, 0.717) is 10.4 Å². The molecule has 3 rings (SSSR count). The van der Waals surface area contributed by atoms with E-state index >= 15 is 0 Å². The summed E-state index contributed by atoms with van der Waals surface area (Å²) in [6.45, 7) is -0.302. The van der Waals surface area contributed by atoms with Crippen LogP contribution in [0, 0.1) is 0 Å². The Kier molecular flexibility index (Phi) is 5.71. The van der Waals surface area contributed by atoms with Gasteiger partial charge in [0, 0.05) is 6.08 Å². The molecule has 0 fully saturated rings. The van der Waals surface area contributed by atoms with Crippen molar-refractivity contribution in [1.82, 2.24) is 5.32 Å². The zero-order valence-corrected chi connectivity index (χ0v) is 15.1. The third-order valence-corrected chi connectivity index (χ3v) is 4.45. The predicted octanol–water partition coefficient (Wildman–Crippen LogP) is 3.79. The lowest BCUT2D eigenvalue weighted by molar-refractivity contribution is -0.144. The van der Waals surface area contributed by atoms with Gasteiger partial charge in [0.2, 0.25) is 0 Å². The van der Waals surface area contributed by atoms with Gasteiger partial charge in [-0.15, -0.1) is 0 Å². The number of halogens is 1. The van der Waals surface area contributed by atoms with Crippen molar-refractivity contribution >= 4 is 33.9 Å². The van der Waals surface area contributed by atoms with Gasteiger partial charge in [-0.2, -0.15) is 0 Å². The molecule has 0 bridgehead atoms. The molecular formula is C19H18BrNO4. The van der Waals surface area contributed by atoms with E-state index in [0.717, 1.165) is 24.8 Å². The first kappa shape index (κ1) is 17.5. The van der Waals surface area contributed by atoms with Crippen molar-refractivity contribution in [2.45, 2.75) is 25.3 Å². The third kappa shape index (κ3) is 4.82. The highest BCUT2D eigenvalue weighted by Crippen LogP contribution is 2.29. The third-order valence-electron chi connectivity index (χ3n) is 4.03. The summed E-state index contributed by atoms with van der Waals surface area (Å²) in [6, 6.07) is 11.5. The molecule has 5 nitrogen and oxygen atoms in total. The van der Waals surface area contributed by atoms with E-state index in [4.69, 9.17) is 9.15 Å². The quantitative estimate of drug-likeness (QED) is 0.608. The molecule has 1 aromatic carbocycles. The standard InChI is InChI=1S/C19H18BrNO4/c20-17-10-8-14(25-17)9-11-19(23)24-12-18(22)21-16-7-3-5-13-4-1-2-6-15(13)16/h1-2,4,6,8-11,16H,3,5,7,12H2,(H,21,22)/b11-9+. The summed E-state index contributed by atoms with van der Waals surface area (Å²) in [5, 5.41) is 2.94. The minimum Gasteiger partial charge on any atom is -0.452 e. The minimum atomic E-state index is -0.591. The van der Waals surface area contributed by atoms with Crippen LogP contribution in [0.5, 0.6) is 0 Å². The molecule has 0 spiro atoms. The van der Waals surface area contributed by atoms with Crippen molar-refractivity contribution < 1.29 is 18.7 Å². The molecule has 0 saturated carbocycles. The Hall–Kier alpha value is -2.34. The highest BCUT2D eigenvalue weighted by molar-refractivity contribution is 9.10. The van der Waals surface area contributed by atoms with E-state index in [1.54, 1.807) is 12.1 Å². The fraction of sp³-hybridized carbons (Fsp3) is 0.263. The van der Waals surface area contributed by atoms with Crippen LogP contribution in [0.25, 0.3) is 6.08 Å². The number of nitrogens with one attached hydrogen (secondary N) is 1. The van der Waals surface area contributed by atoms with Crippen molar-refractivity contribution in [1.29, 1.82) is 0 Å². The van der Waals surface area contributed by atoms with Crippen LogP contribution in [0.2, 0.25) is 0 Å². The first-order valence-corrected chi connectivity index (χ1v) is 8.88. The van der Waals surface area contributed by atoms with Gasteiger partial charge in [-0.3, -0.25) is 4.79 Å². The summed E-state index contributed by atoms with van der Waals surface area (Å²) in [7, 11) is 0. The molecule has 2 aromatic rings. The molecule has 0 aliphatic heterocycles. The average molecular weight is 404 g/mol. The number of furan rings is 1. The fourth-order valence-electron chi connectivity index (χ4n) is 2.89. The fourth-order valence-corrected chi connectivity index (χ4v) is 3.21. The Morgan fingerprint density at radius 3 is 2.92 bits per heavy atom. The Bertz CT molecular complexity index is 796. The Morgan fingerprint density at radius 1 is 1.28 bits per heavy atom. The molecule has 1 heterocycles. The number of aryl methyl sites for hydroxylation is 1. The number of amides is 1. The Morgan fingerprint density at radius 2 is 2.12 bits per heavy atom. The van der Waals surface area contributed by atoms with E-state index in [1.807, 2.05) is 18.2 Å². The first-order chi connectivity index (χ1) is 12.1. The van der Waals surface area contributed by atoms with E-state index in [1.165, 1.54) is 17.7 Å². The van der Waals surface area contributed by atoms with E-state index < -0.39 is 5.97 Å². The van der Waals surface area contributed by atoms with Crippen LogP contribution in [0.3, 0.4) is 0 Å². The maximum atomic E-state index is 12.1. The monoisotopic (exact) mass is 403 g/mol. The summed E-state index contributed by atoms with van der Waals surface area (Å²) in [4.78, 5) is 23.7. The lowest BCUT2D eigenvalue weighted by Gasteiger charge is -2.26. The highest BCUT2D eigenvalue weighted by Gasteiger charge is 2.21. The van der Waals surface area contributed by atoms with Gasteiger partial charge in [0.05, 0.1) is 6.04 Å². The number of hydrogen-bond donors (Lipinski definition) is 1. The zero-order valence-electron chi connectivity index (χ0n) is 13.5. The minimum absolute atomic E-state index is 0.0211. The van der Waals surface area contributed by atoms with Crippen LogP contribution < -0.4 is 5.32 Å². The number of ether oxygens (including phenoxy) is 1. The largest absolute Gasteiger partial charge is 0.452 e. The van der Waals surface area contributed by atoms with Gasteiger partial charge in [0.15, 0.2) is 11.3 Å². The zero-order chi connectivity index (χ0) is 17.6. The predicted molar refractivity (Wildman–Crippen MR) is 96.7 cm³/mol. The number of esters is 1. The average Bonchev–Trinajstić information content (AvgIpc) is 3.04. The van der Waals surface area contributed by atoms with E-state index in [2.05, 4.69) is 27.3 Å². The van der Waals surface area contributed by atoms with Crippen molar-refractivity contribution in [3.8, 4) is 0 Å². The molecule has 0 saturated heterocycles. The molecule has 1 N–H and O–H groups in total. The number of carbonyl (C=O) groups is 2. The van der Waals surface area contributed by atoms with Gasteiger partial charge in [-0.05, 0) is 64.5 Å². The van der Waals surface area contributed by atoms with E-state index in [9.17, 15) is 9.59 Å². The van der Waals surface area contributed by atoms with Crippen LogP contribution in [0.4, 0.5) is 0 Å². The summed E-state index contributed by atoms with van der Waals surface area (Å²) in [5.41, 5.74) is 2.42. The van der Waals surface area contributed by atoms with Crippen molar-refractivity contribution in [3.63, 3.8) is 0 Å². The second kappa shape index (κ2) is 8.16. The molecule has 130 valence electrons. The maximum absolute atomic E-state index is 12.1. The van der Waals surface area contributed by atoms with Gasteiger partial charge < -0.3 is 14.5 Å². The normalized spacial score (nSPS) is 16.4. The van der Waals surface area contributed by atoms with E-state index in [-0.39, 0.29) is 18.6 Å². The van der Waals surface area contributed by atoms with Crippen LogP contribution in [0.1, 0.15) is 35.8 Å². The number of hydrogen-bond acceptors (Lipinski definition) is 4. The lowest BCUT2D eigenvalue weighted by atomic mass is 9.88. The van der Waals surface area contributed by atoms with Gasteiger partial charge in [0.25, 0.3) is 5.91 Å². The van der Waals surface area contributed by atoms with Crippen LogP contribution in [0.15, 0.2) is 51.6 Å². The highest BCUT2D eigenvalue weighted by atomic mass is 79.9. The maximum Gasteiger partial charge on any atom is 0.331 e. The van der Waals surface area contributed by atoms with Crippen molar-refractivity contribution in [2.24, 2.45) is 0 Å². The first-order valence-electron chi connectivity index (χ1n) is 8.09. The number of carbonyl (C=O) groups excluding carboxylic acids is 2. The van der Waals surface area contributed by atoms with Crippen LogP contribution in [-0.4, -0.2) is 18.5 Å². The summed E-state index contributed by atoms with van der Waals surface area (Å²) >= 11 is 3.18. The summed E-state index contributed by atoms with van der Waals surface area (Å²) in [5.74, 6) is -0.372. The van der Waals surface area contributed by atoms with Gasteiger partial charge in [-0.1, -0.05) is 24.3 Å². The van der Waals surface area contributed by atoms with Crippen LogP contribution >= 0.6 is 15.9 Å². The van der Waals surface area contributed by atoms with Crippen molar-refractivity contribution in [2.75, 3.05) is 6.61 Å². The summed E-state index contributed by atoms with van der Waals surface area (Å²) < 4.78 is 10.8. The Balaban J connectivity index is 1.48. The SMILES string of the molecule is O=C(COC(=O)/C=C/c1ccc(Br)o1)NC1CCCc2ccccc21. The Labute approximate surface area is 154 Å². The molecule has 1 aliphatic rings. The smallest absolute Gasteiger partial charge is 0.331 e. The molecule has 6 heteroatoms. The molecule has 1 aliphatic carbocycles. The van der Waals surface area contributed by atoms with Gasteiger partial charge in [0.1, 0.15) is 5.76 Å². The number of benzene rings is 1. The second-order valence-corrected chi connectivity index (χ2v) is 6.58. The van der Waals surface area contributed by atoms with Gasteiger partial charge >= 0.3 is 5.97 Å². The molecule has 25 heavy (non-hydrogen) atoms. The van der Waals surface area contributed by atoms with Crippen molar-refractivity contribution in [3.05, 3.63) is 64.0 Å². The molecule has 1 aromatic heterocycles. The number of rotatable bonds is 5. The molecule has 1 unspecified atom stereocenters. The topological polar surface area (TPSA) is 68.5 Å².